The first-order valence-electron chi connectivity index (χ1n) is 7.56. The second kappa shape index (κ2) is 7.32. The van der Waals surface area contributed by atoms with Crippen molar-refractivity contribution in [2.24, 2.45) is 0 Å². The van der Waals surface area contributed by atoms with E-state index in [2.05, 4.69) is 15.6 Å². The maximum atomic E-state index is 11.9. The first-order valence-corrected chi connectivity index (χ1v) is 7.56. The zero-order valence-corrected chi connectivity index (χ0v) is 13.2. The highest BCUT2D eigenvalue weighted by Crippen LogP contribution is 2.26. The average Bonchev–Trinajstić information content (AvgIpc) is 3.13. The first-order chi connectivity index (χ1) is 11.8. The Labute approximate surface area is 139 Å². The lowest BCUT2D eigenvalue weighted by atomic mass is 10.3. The van der Waals surface area contributed by atoms with Crippen molar-refractivity contribution in [3.05, 3.63) is 66.8 Å². The summed E-state index contributed by atoms with van der Waals surface area (Å²) in [6.45, 7) is 2.52. The SMILES string of the molecule is CCOc1ccccc1Nc1ccc(NC(=O)c2ccco2)cn1. The van der Waals surface area contributed by atoms with Gasteiger partial charge in [0.05, 0.1) is 30.4 Å². The van der Waals surface area contributed by atoms with E-state index in [1.165, 1.54) is 6.26 Å². The van der Waals surface area contributed by atoms with Gasteiger partial charge in [0.1, 0.15) is 11.6 Å². The number of furan rings is 1. The Morgan fingerprint density at radius 3 is 2.75 bits per heavy atom. The fraction of sp³-hybridized carbons (Fsp3) is 0.111. The molecule has 0 fully saturated rings. The number of para-hydroxylation sites is 2. The largest absolute Gasteiger partial charge is 0.492 e. The summed E-state index contributed by atoms with van der Waals surface area (Å²) in [6, 6.07) is 14.4. The van der Waals surface area contributed by atoms with Crippen LogP contribution in [0.4, 0.5) is 17.2 Å². The summed E-state index contributed by atoms with van der Waals surface area (Å²) in [5.41, 5.74) is 1.42. The highest BCUT2D eigenvalue weighted by molar-refractivity contribution is 6.02. The number of rotatable bonds is 6. The van der Waals surface area contributed by atoms with Crippen LogP contribution in [-0.2, 0) is 0 Å². The van der Waals surface area contributed by atoms with Crippen LogP contribution in [0.15, 0.2) is 65.4 Å². The number of anilines is 3. The van der Waals surface area contributed by atoms with Gasteiger partial charge in [0.15, 0.2) is 5.76 Å². The lowest BCUT2D eigenvalue weighted by molar-refractivity contribution is 0.0996. The molecule has 0 spiro atoms. The molecule has 0 bridgehead atoms. The van der Waals surface area contributed by atoms with E-state index < -0.39 is 0 Å². The van der Waals surface area contributed by atoms with E-state index in [0.29, 0.717) is 18.1 Å². The Morgan fingerprint density at radius 1 is 1.17 bits per heavy atom. The van der Waals surface area contributed by atoms with Crippen LogP contribution in [0.25, 0.3) is 0 Å². The van der Waals surface area contributed by atoms with Crippen molar-refractivity contribution in [1.82, 2.24) is 4.98 Å². The normalized spacial score (nSPS) is 10.2. The molecule has 3 rings (SSSR count). The van der Waals surface area contributed by atoms with Gasteiger partial charge in [-0.3, -0.25) is 4.79 Å². The van der Waals surface area contributed by atoms with Gasteiger partial charge in [-0.25, -0.2) is 4.98 Å². The summed E-state index contributed by atoms with van der Waals surface area (Å²) in [5, 5.41) is 5.92. The molecule has 0 aliphatic rings. The monoisotopic (exact) mass is 323 g/mol. The third kappa shape index (κ3) is 3.73. The van der Waals surface area contributed by atoms with E-state index in [9.17, 15) is 4.79 Å². The smallest absolute Gasteiger partial charge is 0.291 e. The average molecular weight is 323 g/mol. The highest BCUT2D eigenvalue weighted by Gasteiger charge is 2.09. The number of hydrogen-bond acceptors (Lipinski definition) is 5. The highest BCUT2D eigenvalue weighted by atomic mass is 16.5. The molecule has 0 unspecified atom stereocenters. The number of amides is 1. The van der Waals surface area contributed by atoms with Crippen LogP contribution in [0.1, 0.15) is 17.5 Å². The van der Waals surface area contributed by atoms with Gasteiger partial charge in [-0.1, -0.05) is 12.1 Å². The molecule has 2 aromatic heterocycles. The van der Waals surface area contributed by atoms with Crippen molar-refractivity contribution in [2.75, 3.05) is 17.2 Å². The van der Waals surface area contributed by atoms with Gasteiger partial charge in [0, 0.05) is 0 Å². The Morgan fingerprint density at radius 2 is 2.04 bits per heavy atom. The van der Waals surface area contributed by atoms with E-state index >= 15 is 0 Å². The minimum Gasteiger partial charge on any atom is -0.492 e. The Balaban J connectivity index is 1.68. The molecule has 0 aliphatic heterocycles. The molecule has 3 aromatic rings. The number of carbonyl (C=O) groups excluding carboxylic acids is 1. The zero-order valence-electron chi connectivity index (χ0n) is 13.2. The van der Waals surface area contributed by atoms with Crippen molar-refractivity contribution in [2.45, 2.75) is 6.92 Å². The third-order valence-corrected chi connectivity index (χ3v) is 3.22. The van der Waals surface area contributed by atoms with Crippen molar-refractivity contribution in [3.63, 3.8) is 0 Å². The van der Waals surface area contributed by atoms with Crippen LogP contribution in [0.3, 0.4) is 0 Å². The van der Waals surface area contributed by atoms with E-state index in [1.807, 2.05) is 31.2 Å². The summed E-state index contributed by atoms with van der Waals surface area (Å²) >= 11 is 0. The van der Waals surface area contributed by atoms with E-state index in [4.69, 9.17) is 9.15 Å². The van der Waals surface area contributed by atoms with E-state index in [0.717, 1.165) is 11.4 Å². The molecule has 0 saturated heterocycles. The van der Waals surface area contributed by atoms with E-state index in [-0.39, 0.29) is 11.7 Å². The van der Waals surface area contributed by atoms with E-state index in [1.54, 1.807) is 30.5 Å². The predicted octanol–water partition coefficient (Wildman–Crippen LogP) is 4.07. The molecule has 2 heterocycles. The van der Waals surface area contributed by atoms with Crippen molar-refractivity contribution in [1.29, 1.82) is 0 Å². The Kier molecular flexibility index (Phi) is 4.76. The van der Waals surface area contributed by atoms with Gasteiger partial charge in [-0.15, -0.1) is 0 Å². The van der Waals surface area contributed by atoms with Gasteiger partial charge in [-0.05, 0) is 43.3 Å². The Bertz CT molecular complexity index is 799. The lowest BCUT2D eigenvalue weighted by Gasteiger charge is -2.12. The first kappa shape index (κ1) is 15.6. The summed E-state index contributed by atoms with van der Waals surface area (Å²) in [4.78, 5) is 16.2. The van der Waals surface area contributed by atoms with Crippen molar-refractivity contribution >= 4 is 23.1 Å². The topological polar surface area (TPSA) is 76.4 Å². The standard InChI is InChI=1S/C18H17N3O3/c1-2-23-15-7-4-3-6-14(15)21-17-10-9-13(12-19-17)20-18(22)16-8-5-11-24-16/h3-12H,2H2,1H3,(H,19,21)(H,20,22). The molecule has 24 heavy (non-hydrogen) atoms. The van der Waals surface area contributed by atoms with Gasteiger partial charge in [0.2, 0.25) is 0 Å². The van der Waals surface area contributed by atoms with Crippen LogP contribution in [0, 0.1) is 0 Å². The van der Waals surface area contributed by atoms with Gasteiger partial charge >= 0.3 is 0 Å². The van der Waals surface area contributed by atoms with Crippen LogP contribution < -0.4 is 15.4 Å². The molecule has 1 aromatic carbocycles. The summed E-state index contributed by atoms with van der Waals surface area (Å²) in [6.07, 6.45) is 3.03. The number of aromatic nitrogens is 1. The van der Waals surface area contributed by atoms with Gasteiger partial charge in [0.25, 0.3) is 5.91 Å². The summed E-state index contributed by atoms with van der Waals surface area (Å²) < 4.78 is 10.6. The maximum Gasteiger partial charge on any atom is 0.291 e. The van der Waals surface area contributed by atoms with Gasteiger partial charge < -0.3 is 19.8 Å². The van der Waals surface area contributed by atoms with Crippen LogP contribution in [-0.4, -0.2) is 17.5 Å². The molecule has 6 nitrogen and oxygen atoms in total. The summed E-state index contributed by atoms with van der Waals surface area (Å²) in [5.74, 6) is 1.35. The fourth-order valence-corrected chi connectivity index (χ4v) is 2.13. The van der Waals surface area contributed by atoms with Crippen molar-refractivity contribution in [3.8, 4) is 5.75 Å². The predicted molar refractivity (Wildman–Crippen MR) is 91.8 cm³/mol. The second-order valence-electron chi connectivity index (χ2n) is 4.92. The molecule has 1 amide bonds. The third-order valence-electron chi connectivity index (χ3n) is 3.22. The molecule has 0 aliphatic carbocycles. The zero-order chi connectivity index (χ0) is 16.8. The number of hydrogen-bond donors (Lipinski definition) is 2. The molecule has 0 atom stereocenters. The quantitative estimate of drug-likeness (QED) is 0.715. The molecular weight excluding hydrogens is 306 g/mol. The summed E-state index contributed by atoms with van der Waals surface area (Å²) in [7, 11) is 0. The van der Waals surface area contributed by atoms with Gasteiger partial charge in [-0.2, -0.15) is 0 Å². The number of nitrogens with one attached hydrogen (secondary N) is 2. The van der Waals surface area contributed by atoms with Crippen molar-refractivity contribution < 1.29 is 13.9 Å². The number of nitrogens with zero attached hydrogens (tertiary/aromatic N) is 1. The number of carbonyl (C=O) groups is 1. The molecule has 0 radical (unpaired) electrons. The fourth-order valence-electron chi connectivity index (χ4n) is 2.13. The van der Waals surface area contributed by atoms with Crippen LogP contribution in [0.2, 0.25) is 0 Å². The minimum absolute atomic E-state index is 0.253. The molecule has 122 valence electrons. The second-order valence-corrected chi connectivity index (χ2v) is 4.92. The maximum absolute atomic E-state index is 11.9. The Hall–Kier alpha value is -3.28. The minimum atomic E-state index is -0.316. The molecular formula is C18H17N3O3. The molecule has 2 N–H and O–H groups in total. The lowest BCUT2D eigenvalue weighted by Crippen LogP contribution is -2.11. The number of benzene rings is 1. The van der Waals surface area contributed by atoms with Crippen LogP contribution in [0.5, 0.6) is 5.75 Å². The molecule has 6 heteroatoms. The number of pyridine rings is 1. The number of ether oxygens (including phenoxy) is 1. The molecule has 0 saturated carbocycles. The van der Waals surface area contributed by atoms with Crippen LogP contribution >= 0.6 is 0 Å².